The number of likely N-dealkylation sites (tertiary alicyclic amines) is 1. The molecular weight excluding hydrogens is 336 g/mol. The van der Waals surface area contributed by atoms with Crippen LogP contribution in [0, 0.1) is 0 Å². The van der Waals surface area contributed by atoms with Crippen molar-refractivity contribution >= 4 is 17.3 Å². The van der Waals surface area contributed by atoms with Crippen LogP contribution in [0.3, 0.4) is 0 Å². The second-order valence-electron chi connectivity index (χ2n) is 6.50. The smallest absolute Gasteiger partial charge is 0.119 e. The summed E-state index contributed by atoms with van der Waals surface area (Å²) in [5, 5.41) is 14.5. The molecule has 2 N–H and O–H groups in total. The summed E-state index contributed by atoms with van der Waals surface area (Å²) in [4.78, 5) is 2.30. The Morgan fingerprint density at radius 3 is 2.44 bits per heavy atom. The number of hydrogen-bond donors (Lipinski definition) is 2. The maximum Gasteiger partial charge on any atom is 0.119 e. The number of nitrogens with zero attached hydrogens (tertiary/aromatic N) is 1. The van der Waals surface area contributed by atoms with Crippen molar-refractivity contribution in [3.63, 3.8) is 0 Å². The van der Waals surface area contributed by atoms with Crippen molar-refractivity contribution in [3.05, 3.63) is 59.6 Å². The molecule has 2 aromatic rings. The van der Waals surface area contributed by atoms with Gasteiger partial charge in [-0.25, -0.2) is 0 Å². The molecule has 25 heavy (non-hydrogen) atoms. The molecule has 0 aliphatic carbocycles. The molecule has 0 spiro atoms. The number of β-amino-alcohol motifs (C(OH)–C–C–N with tert-alkyl or cyclic N) is 1. The van der Waals surface area contributed by atoms with Gasteiger partial charge in [0.05, 0.1) is 0 Å². The molecule has 4 nitrogen and oxygen atoms in total. The van der Waals surface area contributed by atoms with Gasteiger partial charge in [0, 0.05) is 36.4 Å². The molecule has 1 fully saturated rings. The summed E-state index contributed by atoms with van der Waals surface area (Å²) >= 11 is 5.92. The first-order valence-electron chi connectivity index (χ1n) is 8.79. The Hall–Kier alpha value is -1.75. The van der Waals surface area contributed by atoms with Crippen molar-refractivity contribution < 1.29 is 9.84 Å². The van der Waals surface area contributed by atoms with Crippen molar-refractivity contribution in [2.45, 2.75) is 25.0 Å². The van der Waals surface area contributed by atoms with E-state index in [0.29, 0.717) is 19.2 Å². The van der Waals surface area contributed by atoms with E-state index in [1.807, 2.05) is 54.6 Å². The van der Waals surface area contributed by atoms with Crippen molar-refractivity contribution in [3.8, 4) is 5.75 Å². The third-order valence-electron chi connectivity index (χ3n) is 4.46. The Bertz CT molecular complexity index is 628. The van der Waals surface area contributed by atoms with Crippen LogP contribution in [0.1, 0.15) is 12.8 Å². The van der Waals surface area contributed by atoms with E-state index in [0.717, 1.165) is 42.4 Å². The van der Waals surface area contributed by atoms with Crippen LogP contribution in [0.15, 0.2) is 54.6 Å². The van der Waals surface area contributed by atoms with E-state index in [4.69, 9.17) is 16.3 Å². The second-order valence-corrected chi connectivity index (χ2v) is 6.94. The van der Waals surface area contributed by atoms with Gasteiger partial charge in [0.25, 0.3) is 0 Å². The van der Waals surface area contributed by atoms with Crippen molar-refractivity contribution in [2.24, 2.45) is 0 Å². The standard InChI is InChI=1S/C20H25ClN2O2/c21-16-6-8-17(9-7-16)22-18-10-12-23(13-11-18)14-19(24)15-25-20-4-2-1-3-5-20/h1-9,18-19,22,24H,10-15H2/t19-/m0/s1. The third-order valence-corrected chi connectivity index (χ3v) is 4.71. The van der Waals surface area contributed by atoms with Gasteiger partial charge in [0.15, 0.2) is 0 Å². The number of rotatable bonds is 7. The molecule has 1 heterocycles. The van der Waals surface area contributed by atoms with Crippen LogP contribution >= 0.6 is 11.6 Å². The van der Waals surface area contributed by atoms with E-state index in [9.17, 15) is 5.11 Å². The number of anilines is 1. The Morgan fingerprint density at radius 2 is 1.76 bits per heavy atom. The van der Waals surface area contributed by atoms with Gasteiger partial charge in [-0.1, -0.05) is 29.8 Å². The molecule has 0 radical (unpaired) electrons. The average molecular weight is 361 g/mol. The van der Waals surface area contributed by atoms with Gasteiger partial charge in [-0.15, -0.1) is 0 Å². The van der Waals surface area contributed by atoms with Crippen LogP contribution in [0.25, 0.3) is 0 Å². The first-order valence-corrected chi connectivity index (χ1v) is 9.17. The van der Waals surface area contributed by atoms with Gasteiger partial charge in [-0.05, 0) is 49.2 Å². The van der Waals surface area contributed by atoms with Gasteiger partial charge >= 0.3 is 0 Å². The third kappa shape index (κ3) is 5.92. The molecule has 1 aliphatic heterocycles. The molecule has 2 aromatic carbocycles. The lowest BCUT2D eigenvalue weighted by atomic mass is 10.0. The molecular formula is C20H25ClN2O2. The molecule has 1 saturated heterocycles. The maximum absolute atomic E-state index is 10.2. The van der Waals surface area contributed by atoms with Gasteiger partial charge in [-0.2, -0.15) is 0 Å². The fraction of sp³-hybridized carbons (Fsp3) is 0.400. The lowest BCUT2D eigenvalue weighted by molar-refractivity contribution is 0.0605. The monoisotopic (exact) mass is 360 g/mol. The van der Waals surface area contributed by atoms with Gasteiger partial charge in [0.1, 0.15) is 18.5 Å². The van der Waals surface area contributed by atoms with E-state index < -0.39 is 6.10 Å². The number of nitrogens with one attached hydrogen (secondary N) is 1. The Morgan fingerprint density at radius 1 is 1.08 bits per heavy atom. The molecule has 5 heteroatoms. The summed E-state index contributed by atoms with van der Waals surface area (Å²) < 4.78 is 5.62. The Kier molecular flexibility index (Phi) is 6.56. The highest BCUT2D eigenvalue weighted by molar-refractivity contribution is 6.30. The molecule has 134 valence electrons. The lowest BCUT2D eigenvalue weighted by Crippen LogP contribution is -2.43. The van der Waals surface area contributed by atoms with Crippen molar-refractivity contribution in [1.29, 1.82) is 0 Å². The molecule has 3 rings (SSSR count). The van der Waals surface area contributed by atoms with Crippen molar-refractivity contribution in [2.75, 3.05) is 31.6 Å². The molecule has 1 atom stereocenters. The number of halogens is 1. The van der Waals surface area contributed by atoms with Crippen LogP contribution < -0.4 is 10.1 Å². The van der Waals surface area contributed by atoms with Gasteiger partial charge < -0.3 is 20.1 Å². The van der Waals surface area contributed by atoms with E-state index in [-0.39, 0.29) is 0 Å². The predicted molar refractivity (Wildman–Crippen MR) is 102 cm³/mol. The maximum atomic E-state index is 10.2. The minimum atomic E-state index is -0.471. The molecule has 0 saturated carbocycles. The summed E-state index contributed by atoms with van der Waals surface area (Å²) in [6.45, 7) is 2.94. The Labute approximate surface area is 154 Å². The molecule has 0 aromatic heterocycles. The van der Waals surface area contributed by atoms with Gasteiger partial charge in [-0.3, -0.25) is 0 Å². The van der Waals surface area contributed by atoms with E-state index in [1.54, 1.807) is 0 Å². The van der Waals surface area contributed by atoms with E-state index in [2.05, 4.69) is 10.2 Å². The molecule has 1 aliphatic rings. The van der Waals surface area contributed by atoms with Crippen LogP contribution in [0.4, 0.5) is 5.69 Å². The SMILES string of the molecule is O[C@H](COc1ccccc1)CN1CCC(Nc2ccc(Cl)cc2)CC1. The zero-order valence-corrected chi connectivity index (χ0v) is 15.0. The van der Waals surface area contributed by atoms with E-state index in [1.165, 1.54) is 0 Å². The number of hydrogen-bond acceptors (Lipinski definition) is 4. The molecule has 0 amide bonds. The minimum absolute atomic E-state index is 0.326. The first-order chi connectivity index (χ1) is 12.2. The first kappa shape index (κ1) is 18.1. The highest BCUT2D eigenvalue weighted by Crippen LogP contribution is 2.19. The van der Waals surface area contributed by atoms with Crippen LogP contribution in [0.5, 0.6) is 5.75 Å². The number of piperidine rings is 1. The fourth-order valence-electron chi connectivity index (χ4n) is 3.10. The summed E-state index contributed by atoms with van der Waals surface area (Å²) in [5.41, 5.74) is 1.11. The fourth-order valence-corrected chi connectivity index (χ4v) is 3.23. The summed E-state index contributed by atoms with van der Waals surface area (Å²) in [6.07, 6.45) is 1.66. The number of para-hydroxylation sites is 1. The van der Waals surface area contributed by atoms with Crippen LogP contribution in [0.2, 0.25) is 5.02 Å². The quantitative estimate of drug-likeness (QED) is 0.791. The lowest BCUT2D eigenvalue weighted by Gasteiger charge is -2.33. The zero-order chi connectivity index (χ0) is 17.5. The molecule has 0 unspecified atom stereocenters. The number of benzene rings is 2. The summed E-state index contributed by atoms with van der Waals surface area (Å²) in [6, 6.07) is 17.9. The number of ether oxygens (including phenoxy) is 1. The second kappa shape index (κ2) is 9.09. The zero-order valence-electron chi connectivity index (χ0n) is 14.3. The normalized spacial score (nSPS) is 17.2. The highest BCUT2D eigenvalue weighted by Gasteiger charge is 2.21. The van der Waals surface area contributed by atoms with E-state index >= 15 is 0 Å². The minimum Gasteiger partial charge on any atom is -0.491 e. The Balaban J connectivity index is 1.36. The van der Waals surface area contributed by atoms with Gasteiger partial charge in [0.2, 0.25) is 0 Å². The topological polar surface area (TPSA) is 44.7 Å². The summed E-state index contributed by atoms with van der Waals surface area (Å²) in [7, 11) is 0. The predicted octanol–water partition coefficient (Wildman–Crippen LogP) is 3.66. The van der Waals surface area contributed by atoms with Crippen molar-refractivity contribution in [1.82, 2.24) is 4.90 Å². The average Bonchev–Trinajstić information content (AvgIpc) is 2.64. The van der Waals surface area contributed by atoms with Crippen LogP contribution in [-0.4, -0.2) is 48.4 Å². The number of aliphatic hydroxyl groups excluding tert-OH is 1. The highest BCUT2D eigenvalue weighted by atomic mass is 35.5. The number of aliphatic hydroxyl groups is 1. The largest absolute Gasteiger partial charge is 0.491 e. The van der Waals surface area contributed by atoms with Crippen LogP contribution in [-0.2, 0) is 0 Å². The molecule has 0 bridgehead atoms. The summed E-state index contributed by atoms with van der Waals surface area (Å²) in [5.74, 6) is 0.799.